The van der Waals surface area contributed by atoms with Crippen molar-refractivity contribution in [2.75, 3.05) is 7.11 Å². The summed E-state index contributed by atoms with van der Waals surface area (Å²) >= 11 is 1.60. The highest BCUT2D eigenvalue weighted by atomic mass is 32.2. The third kappa shape index (κ3) is 3.12. The number of nitrogens with two attached hydrogens (primary N) is 1. The van der Waals surface area contributed by atoms with Crippen LogP contribution in [0.25, 0.3) is 0 Å². The highest BCUT2D eigenvalue weighted by Gasteiger charge is 2.42. The Kier molecular flexibility index (Phi) is 4.68. The van der Waals surface area contributed by atoms with E-state index >= 15 is 0 Å². The van der Waals surface area contributed by atoms with Crippen LogP contribution in [0.3, 0.4) is 0 Å². The summed E-state index contributed by atoms with van der Waals surface area (Å²) in [5.74, 6) is -0.373. The first-order valence-corrected chi connectivity index (χ1v) is 8.51. The molecule has 2 aliphatic rings. The van der Waals surface area contributed by atoms with Crippen molar-refractivity contribution in [3.05, 3.63) is 58.5 Å². The quantitative estimate of drug-likeness (QED) is 0.681. The number of Topliss-reactive ketones (excluding diaryl/α,β-unsaturated/α-hetero) is 1. The van der Waals surface area contributed by atoms with Crippen LogP contribution in [0.4, 0.5) is 0 Å². The predicted molar refractivity (Wildman–Crippen MR) is 91.1 cm³/mol. The Hall–Kier alpha value is -1.85. The van der Waals surface area contributed by atoms with Gasteiger partial charge in [0.05, 0.1) is 24.0 Å². The summed E-state index contributed by atoms with van der Waals surface area (Å²) in [5, 5.41) is -0.217. The molecule has 1 heterocycles. The molecule has 0 spiro atoms. The average Bonchev–Trinajstić information content (AvgIpc) is 2.73. The average molecular weight is 329 g/mol. The Balaban J connectivity index is 1.83. The van der Waals surface area contributed by atoms with Gasteiger partial charge in [-0.05, 0) is 29.9 Å². The highest BCUT2D eigenvalue weighted by Crippen LogP contribution is 2.48. The summed E-state index contributed by atoms with van der Waals surface area (Å²) in [6.07, 6.45) is 8.16. The monoisotopic (exact) mass is 329 g/mol. The molecule has 23 heavy (non-hydrogen) atoms. The SMILES string of the molecule is COC(=O)c1ccc(C(=O)C2C(N)SC3=CC=CCCC32)cc1. The van der Waals surface area contributed by atoms with Crippen molar-refractivity contribution in [2.24, 2.45) is 17.6 Å². The minimum Gasteiger partial charge on any atom is -0.465 e. The van der Waals surface area contributed by atoms with Crippen molar-refractivity contribution in [3.63, 3.8) is 0 Å². The second-order valence-electron chi connectivity index (χ2n) is 5.72. The molecule has 0 bridgehead atoms. The lowest BCUT2D eigenvalue weighted by atomic mass is 9.83. The topological polar surface area (TPSA) is 69.4 Å². The number of esters is 1. The standard InChI is InChI=1S/C18H19NO3S/c1-22-18(21)12-9-7-11(8-10-12)16(20)15-13-5-3-2-4-6-14(13)23-17(15)19/h2,4,6-10,13,15,17H,3,5,19H2,1H3. The molecule has 0 radical (unpaired) electrons. The van der Waals surface area contributed by atoms with Gasteiger partial charge in [0.2, 0.25) is 0 Å². The zero-order valence-corrected chi connectivity index (χ0v) is 13.7. The number of thioether (sulfide) groups is 1. The lowest BCUT2D eigenvalue weighted by Gasteiger charge is -2.20. The van der Waals surface area contributed by atoms with Crippen LogP contribution in [0.1, 0.15) is 33.6 Å². The van der Waals surface area contributed by atoms with Gasteiger partial charge < -0.3 is 10.5 Å². The Labute approximate surface area is 139 Å². The van der Waals surface area contributed by atoms with Crippen molar-refractivity contribution in [1.82, 2.24) is 0 Å². The first-order valence-electron chi connectivity index (χ1n) is 7.63. The molecule has 0 amide bonds. The van der Waals surface area contributed by atoms with Crippen molar-refractivity contribution < 1.29 is 14.3 Å². The Bertz CT molecular complexity index is 678. The Morgan fingerprint density at radius 2 is 1.91 bits per heavy atom. The fraction of sp³-hybridized carbons (Fsp3) is 0.333. The molecule has 1 aliphatic carbocycles. The third-order valence-electron chi connectivity index (χ3n) is 4.36. The number of fused-ring (bicyclic) bond motifs is 1. The first kappa shape index (κ1) is 16.0. The fourth-order valence-electron chi connectivity index (χ4n) is 3.16. The van der Waals surface area contributed by atoms with E-state index in [4.69, 9.17) is 5.73 Å². The van der Waals surface area contributed by atoms with E-state index in [2.05, 4.69) is 16.9 Å². The van der Waals surface area contributed by atoms with Crippen molar-refractivity contribution in [3.8, 4) is 0 Å². The molecule has 1 saturated heterocycles. The van der Waals surface area contributed by atoms with Gasteiger partial charge in [-0.3, -0.25) is 4.79 Å². The number of allylic oxidation sites excluding steroid dienone is 4. The largest absolute Gasteiger partial charge is 0.465 e. The second-order valence-corrected chi connectivity index (χ2v) is 6.97. The smallest absolute Gasteiger partial charge is 0.337 e. The maximum atomic E-state index is 12.9. The van der Waals surface area contributed by atoms with E-state index in [0.717, 1.165) is 12.8 Å². The molecule has 1 aliphatic heterocycles. The van der Waals surface area contributed by atoms with Crippen molar-refractivity contribution in [1.29, 1.82) is 0 Å². The van der Waals surface area contributed by atoms with Crippen LogP contribution in [0, 0.1) is 11.8 Å². The van der Waals surface area contributed by atoms with Gasteiger partial charge in [0.25, 0.3) is 0 Å². The summed E-state index contributed by atoms with van der Waals surface area (Å²) in [5.41, 5.74) is 7.26. The summed E-state index contributed by atoms with van der Waals surface area (Å²) in [6.45, 7) is 0. The summed E-state index contributed by atoms with van der Waals surface area (Å²) in [6, 6.07) is 6.61. The van der Waals surface area contributed by atoms with Gasteiger partial charge in [0.1, 0.15) is 0 Å². The van der Waals surface area contributed by atoms with Crippen LogP contribution in [0.5, 0.6) is 0 Å². The summed E-state index contributed by atoms with van der Waals surface area (Å²) in [4.78, 5) is 25.6. The van der Waals surface area contributed by atoms with Crippen molar-refractivity contribution >= 4 is 23.5 Å². The molecule has 1 fully saturated rings. The molecule has 120 valence electrons. The molecule has 1 aromatic carbocycles. The van der Waals surface area contributed by atoms with Crippen LogP contribution >= 0.6 is 11.8 Å². The van der Waals surface area contributed by atoms with Gasteiger partial charge in [-0.2, -0.15) is 0 Å². The van der Waals surface area contributed by atoms with Crippen molar-refractivity contribution in [2.45, 2.75) is 18.2 Å². The minimum absolute atomic E-state index is 0.0525. The second kappa shape index (κ2) is 6.72. The van der Waals surface area contributed by atoms with Gasteiger partial charge >= 0.3 is 5.97 Å². The molecular formula is C18H19NO3S. The van der Waals surface area contributed by atoms with Gasteiger partial charge in [-0.15, -0.1) is 11.8 Å². The van der Waals surface area contributed by atoms with E-state index in [1.54, 1.807) is 36.0 Å². The summed E-state index contributed by atoms with van der Waals surface area (Å²) in [7, 11) is 1.34. The molecule has 1 aromatic rings. The van der Waals surface area contributed by atoms with Gasteiger partial charge in [-0.1, -0.05) is 30.4 Å². The van der Waals surface area contributed by atoms with E-state index in [-0.39, 0.29) is 23.0 Å². The number of carbonyl (C=O) groups is 2. The highest BCUT2D eigenvalue weighted by molar-refractivity contribution is 8.04. The molecule has 3 unspecified atom stereocenters. The number of hydrogen-bond donors (Lipinski definition) is 1. The zero-order valence-electron chi connectivity index (χ0n) is 12.9. The molecule has 0 saturated carbocycles. The number of methoxy groups -OCH3 is 1. The predicted octanol–water partition coefficient (Wildman–Crippen LogP) is 3.15. The zero-order chi connectivity index (χ0) is 16.4. The van der Waals surface area contributed by atoms with E-state index in [1.165, 1.54) is 12.0 Å². The number of ether oxygens (including phenoxy) is 1. The van der Waals surface area contributed by atoms with E-state index in [9.17, 15) is 9.59 Å². The molecule has 2 N–H and O–H groups in total. The molecule has 3 rings (SSSR count). The molecule has 5 heteroatoms. The summed E-state index contributed by atoms with van der Waals surface area (Å²) < 4.78 is 4.68. The number of benzene rings is 1. The van der Waals surface area contributed by atoms with Gasteiger partial charge in [0.15, 0.2) is 5.78 Å². The van der Waals surface area contributed by atoms with E-state index < -0.39 is 5.97 Å². The molecule has 3 atom stereocenters. The van der Waals surface area contributed by atoms with Crippen LogP contribution in [-0.4, -0.2) is 24.2 Å². The lowest BCUT2D eigenvalue weighted by molar-refractivity contribution is 0.0600. The number of ketones is 1. The maximum Gasteiger partial charge on any atom is 0.337 e. The van der Waals surface area contributed by atoms with Crippen LogP contribution in [0.2, 0.25) is 0 Å². The third-order valence-corrected chi connectivity index (χ3v) is 5.64. The van der Waals surface area contributed by atoms with E-state index in [0.29, 0.717) is 11.1 Å². The molecule has 4 nitrogen and oxygen atoms in total. The normalized spacial score (nSPS) is 26.2. The Morgan fingerprint density at radius 3 is 2.61 bits per heavy atom. The van der Waals surface area contributed by atoms with Gasteiger partial charge in [0, 0.05) is 11.5 Å². The van der Waals surface area contributed by atoms with Crippen LogP contribution < -0.4 is 5.73 Å². The fourth-order valence-corrected chi connectivity index (χ4v) is 4.53. The lowest BCUT2D eigenvalue weighted by Crippen LogP contribution is -2.33. The number of carbonyl (C=O) groups excluding carboxylic acids is 2. The number of rotatable bonds is 3. The minimum atomic E-state index is -0.405. The van der Waals surface area contributed by atoms with Crippen LogP contribution in [0.15, 0.2) is 47.4 Å². The maximum absolute atomic E-state index is 12.9. The number of hydrogen-bond acceptors (Lipinski definition) is 5. The van der Waals surface area contributed by atoms with Gasteiger partial charge in [-0.25, -0.2) is 4.79 Å². The van der Waals surface area contributed by atoms with Crippen LogP contribution in [-0.2, 0) is 4.74 Å². The molecular weight excluding hydrogens is 310 g/mol. The van der Waals surface area contributed by atoms with E-state index in [1.807, 2.05) is 6.08 Å². The Morgan fingerprint density at radius 1 is 1.22 bits per heavy atom. The molecule has 0 aromatic heterocycles. The first-order chi connectivity index (χ1) is 11.1.